The number of likely N-dealkylation sites (tertiary alicyclic amines) is 1. The predicted octanol–water partition coefficient (Wildman–Crippen LogP) is 3.40. The second-order valence-corrected chi connectivity index (χ2v) is 9.06. The normalized spacial score (nSPS) is 19.1. The molecule has 0 radical (unpaired) electrons. The van der Waals surface area contributed by atoms with E-state index in [9.17, 15) is 14.4 Å². The predicted molar refractivity (Wildman–Crippen MR) is 130 cm³/mol. The lowest BCUT2D eigenvalue weighted by atomic mass is 9.88. The molecule has 0 bridgehead atoms. The van der Waals surface area contributed by atoms with Gasteiger partial charge in [0.2, 0.25) is 11.8 Å². The summed E-state index contributed by atoms with van der Waals surface area (Å²) < 4.78 is 0. The lowest BCUT2D eigenvalue weighted by Crippen LogP contribution is -2.44. The van der Waals surface area contributed by atoms with Crippen LogP contribution in [0, 0.1) is 5.92 Å². The molecule has 4 N–H and O–H groups in total. The Balaban J connectivity index is 1.70. The van der Waals surface area contributed by atoms with Gasteiger partial charge in [-0.1, -0.05) is 49.6 Å². The van der Waals surface area contributed by atoms with Gasteiger partial charge in [0.25, 0.3) is 5.91 Å². The zero-order valence-corrected chi connectivity index (χ0v) is 19.8. The first-order valence-electron chi connectivity index (χ1n) is 11.2. The van der Waals surface area contributed by atoms with E-state index in [0.29, 0.717) is 29.2 Å². The van der Waals surface area contributed by atoms with Crippen LogP contribution < -0.4 is 16.4 Å². The van der Waals surface area contributed by atoms with Crippen molar-refractivity contribution in [3.05, 3.63) is 64.7 Å². The number of halogens is 1. The van der Waals surface area contributed by atoms with E-state index in [1.165, 1.54) is 0 Å². The number of hydrogen-bond donors (Lipinski definition) is 3. The molecule has 2 aromatic carbocycles. The van der Waals surface area contributed by atoms with Crippen LogP contribution in [0.25, 0.3) is 0 Å². The highest BCUT2D eigenvalue weighted by molar-refractivity contribution is 6.30. The van der Waals surface area contributed by atoms with E-state index in [-0.39, 0.29) is 17.7 Å². The van der Waals surface area contributed by atoms with Crippen LogP contribution in [0.3, 0.4) is 0 Å². The summed E-state index contributed by atoms with van der Waals surface area (Å²) in [4.78, 5) is 39.6. The minimum Gasteiger partial charge on any atom is -0.368 e. The lowest BCUT2D eigenvalue weighted by molar-refractivity contribution is -0.120. The van der Waals surface area contributed by atoms with Crippen molar-refractivity contribution in [1.82, 2.24) is 10.2 Å². The second kappa shape index (κ2) is 11.3. The number of unbranched alkanes of at least 4 members (excludes halogenated alkanes) is 1. The summed E-state index contributed by atoms with van der Waals surface area (Å²) in [5, 5.41) is 6.32. The van der Waals surface area contributed by atoms with Gasteiger partial charge in [0.15, 0.2) is 0 Å². The van der Waals surface area contributed by atoms with Crippen molar-refractivity contribution in [2.45, 2.75) is 38.1 Å². The Hall–Kier alpha value is -2.90. The van der Waals surface area contributed by atoms with Gasteiger partial charge in [-0.05, 0) is 49.4 Å². The number of hydrogen-bond acceptors (Lipinski definition) is 4. The molecule has 1 fully saturated rings. The monoisotopic (exact) mass is 470 g/mol. The maximum absolute atomic E-state index is 13.2. The molecule has 1 saturated heterocycles. The second-order valence-electron chi connectivity index (χ2n) is 8.63. The van der Waals surface area contributed by atoms with Crippen LogP contribution in [0.1, 0.15) is 48.0 Å². The Labute approximate surface area is 199 Å². The third kappa shape index (κ3) is 6.55. The molecule has 0 spiro atoms. The first-order valence-corrected chi connectivity index (χ1v) is 11.6. The van der Waals surface area contributed by atoms with Crippen molar-refractivity contribution >= 4 is 35.0 Å². The highest BCUT2D eigenvalue weighted by Crippen LogP contribution is 2.33. The Morgan fingerprint density at radius 1 is 1.15 bits per heavy atom. The number of nitrogens with two attached hydrogens (primary N) is 1. The molecule has 8 heteroatoms. The van der Waals surface area contributed by atoms with Crippen LogP contribution in [0.2, 0.25) is 5.02 Å². The molecule has 3 rings (SSSR count). The number of nitrogens with one attached hydrogen (secondary N) is 2. The lowest BCUT2D eigenvalue weighted by Gasteiger charge is -2.19. The molecule has 2 aromatic rings. The van der Waals surface area contributed by atoms with Crippen molar-refractivity contribution in [3.8, 4) is 0 Å². The van der Waals surface area contributed by atoms with Gasteiger partial charge >= 0.3 is 0 Å². The molecule has 0 aromatic heterocycles. The first kappa shape index (κ1) is 24.7. The van der Waals surface area contributed by atoms with Crippen LogP contribution in [-0.2, 0) is 9.59 Å². The van der Waals surface area contributed by atoms with Crippen LogP contribution in [0.4, 0.5) is 5.69 Å². The molecule has 0 aliphatic carbocycles. The Kier molecular flexibility index (Phi) is 8.47. The summed E-state index contributed by atoms with van der Waals surface area (Å²) in [5.74, 6) is -1.24. The van der Waals surface area contributed by atoms with Crippen molar-refractivity contribution in [3.63, 3.8) is 0 Å². The third-order valence-corrected chi connectivity index (χ3v) is 6.28. The fourth-order valence-electron chi connectivity index (χ4n) is 4.22. The fraction of sp³-hybridized carbons (Fsp3) is 0.400. The number of anilines is 1. The number of likely N-dealkylation sites (N-methyl/N-ethyl adjacent to an activating group) is 1. The maximum Gasteiger partial charge on any atom is 0.252 e. The number of carbonyl (C=O) groups is 3. The van der Waals surface area contributed by atoms with Gasteiger partial charge in [0, 0.05) is 35.3 Å². The minimum atomic E-state index is -0.718. The zero-order valence-electron chi connectivity index (χ0n) is 19.0. The van der Waals surface area contributed by atoms with E-state index < -0.39 is 17.9 Å². The molecule has 33 heavy (non-hydrogen) atoms. The van der Waals surface area contributed by atoms with E-state index in [0.717, 1.165) is 24.9 Å². The van der Waals surface area contributed by atoms with Gasteiger partial charge in [-0.2, -0.15) is 0 Å². The third-order valence-electron chi connectivity index (χ3n) is 6.02. The molecule has 3 atom stereocenters. The van der Waals surface area contributed by atoms with Gasteiger partial charge in [-0.3, -0.25) is 14.4 Å². The molecule has 0 unspecified atom stereocenters. The van der Waals surface area contributed by atoms with Gasteiger partial charge in [-0.25, -0.2) is 0 Å². The standard InChI is InChI=1S/C25H31ClN4O3/c1-3-4-8-22(23(27)31)29-24(32)17-6-5-7-19(13-17)28-25(33)21-15-30(2)14-20(21)16-9-11-18(26)12-10-16/h5-7,9-13,20-22H,3-4,8,14-15H2,1-2H3,(H2,27,31)(H,28,33)(H,29,32)/t20-,21+,22-/m0/s1. The van der Waals surface area contributed by atoms with Crippen LogP contribution in [0.5, 0.6) is 0 Å². The number of rotatable bonds is 9. The van der Waals surface area contributed by atoms with Crippen molar-refractivity contribution in [2.24, 2.45) is 11.7 Å². The highest BCUT2D eigenvalue weighted by atomic mass is 35.5. The summed E-state index contributed by atoms with van der Waals surface area (Å²) in [7, 11) is 1.99. The number of carbonyl (C=O) groups excluding carboxylic acids is 3. The summed E-state index contributed by atoms with van der Waals surface area (Å²) in [5.41, 5.74) is 7.38. The summed E-state index contributed by atoms with van der Waals surface area (Å²) in [6.07, 6.45) is 2.18. The Bertz CT molecular complexity index is 995. The van der Waals surface area contributed by atoms with Gasteiger partial charge < -0.3 is 21.3 Å². The average molecular weight is 471 g/mol. The number of nitrogens with zero attached hydrogens (tertiary/aromatic N) is 1. The Morgan fingerprint density at radius 3 is 2.55 bits per heavy atom. The highest BCUT2D eigenvalue weighted by Gasteiger charge is 2.37. The summed E-state index contributed by atoms with van der Waals surface area (Å²) >= 11 is 6.02. The minimum absolute atomic E-state index is 0.0497. The smallest absolute Gasteiger partial charge is 0.252 e. The van der Waals surface area contributed by atoms with Crippen molar-refractivity contribution in [2.75, 3.05) is 25.5 Å². The van der Waals surface area contributed by atoms with Crippen LogP contribution in [0.15, 0.2) is 48.5 Å². The molecule has 176 valence electrons. The van der Waals surface area contributed by atoms with E-state index in [2.05, 4.69) is 15.5 Å². The molecule has 1 aliphatic heterocycles. The molecule has 3 amide bonds. The van der Waals surface area contributed by atoms with Crippen LogP contribution in [-0.4, -0.2) is 48.8 Å². The zero-order chi connectivity index (χ0) is 24.0. The molecular weight excluding hydrogens is 440 g/mol. The first-order chi connectivity index (χ1) is 15.8. The molecule has 1 aliphatic rings. The average Bonchev–Trinajstić information content (AvgIpc) is 3.18. The molecule has 7 nitrogen and oxygen atoms in total. The molecule has 1 heterocycles. The van der Waals surface area contributed by atoms with E-state index >= 15 is 0 Å². The topological polar surface area (TPSA) is 105 Å². The Morgan fingerprint density at radius 2 is 1.88 bits per heavy atom. The fourth-order valence-corrected chi connectivity index (χ4v) is 4.35. The quantitative estimate of drug-likeness (QED) is 0.522. The van der Waals surface area contributed by atoms with Crippen molar-refractivity contribution < 1.29 is 14.4 Å². The van der Waals surface area contributed by atoms with E-state index in [4.69, 9.17) is 17.3 Å². The number of benzene rings is 2. The van der Waals surface area contributed by atoms with Gasteiger partial charge in [0.05, 0.1) is 5.92 Å². The SMILES string of the molecule is CCCC[C@H](NC(=O)c1cccc(NC(=O)[C@@H]2CN(C)C[C@H]2c2ccc(Cl)cc2)c1)C(N)=O. The summed E-state index contributed by atoms with van der Waals surface area (Å²) in [6, 6.07) is 13.6. The van der Waals surface area contributed by atoms with Gasteiger partial charge in [-0.15, -0.1) is 0 Å². The number of primary amides is 1. The summed E-state index contributed by atoms with van der Waals surface area (Å²) in [6.45, 7) is 3.41. The van der Waals surface area contributed by atoms with Crippen molar-refractivity contribution in [1.29, 1.82) is 0 Å². The molecule has 0 saturated carbocycles. The van der Waals surface area contributed by atoms with E-state index in [1.54, 1.807) is 24.3 Å². The maximum atomic E-state index is 13.2. The largest absolute Gasteiger partial charge is 0.368 e. The van der Waals surface area contributed by atoms with Crippen LogP contribution >= 0.6 is 11.6 Å². The number of amides is 3. The van der Waals surface area contributed by atoms with E-state index in [1.807, 2.05) is 38.2 Å². The van der Waals surface area contributed by atoms with Gasteiger partial charge in [0.1, 0.15) is 6.04 Å². The molecular formula is C25H31ClN4O3.